The Kier molecular flexibility index (Phi) is 8.10. The Balaban J connectivity index is 0.000000190. The Hall–Kier alpha value is -2.91. The average molecular weight is 347 g/mol. The van der Waals surface area contributed by atoms with Gasteiger partial charge in [0, 0.05) is 0 Å². The molecule has 3 aromatic carbocycles. The molecule has 3 N–H and O–H groups in total. The van der Waals surface area contributed by atoms with Gasteiger partial charge < -0.3 is 10.8 Å². The maximum atomic E-state index is 10.4. The molecular weight excluding hydrogens is 322 g/mol. The first-order chi connectivity index (χ1) is 12.6. The van der Waals surface area contributed by atoms with Crippen LogP contribution < -0.4 is 5.73 Å². The van der Waals surface area contributed by atoms with Crippen LogP contribution in [-0.2, 0) is 24.1 Å². The quantitative estimate of drug-likeness (QED) is 0.705. The Bertz CT molecular complexity index is 718. The van der Waals surface area contributed by atoms with Crippen molar-refractivity contribution in [2.45, 2.75) is 25.3 Å². The van der Waals surface area contributed by atoms with Crippen LogP contribution in [0.25, 0.3) is 0 Å². The minimum absolute atomic E-state index is 0.385. The zero-order valence-electron chi connectivity index (χ0n) is 14.8. The number of nitrogens with two attached hydrogens (primary N) is 1. The lowest BCUT2D eigenvalue weighted by molar-refractivity contribution is -0.138. The van der Waals surface area contributed by atoms with Crippen LogP contribution in [0.1, 0.15) is 16.7 Å². The van der Waals surface area contributed by atoms with Crippen LogP contribution in [0.3, 0.4) is 0 Å². The van der Waals surface area contributed by atoms with E-state index in [1.54, 1.807) is 0 Å². The molecule has 26 heavy (non-hydrogen) atoms. The third kappa shape index (κ3) is 7.32. The summed E-state index contributed by atoms with van der Waals surface area (Å²) in [6.45, 7) is 0. The number of aliphatic carboxylic acids is 1. The molecule has 0 saturated carbocycles. The van der Waals surface area contributed by atoms with E-state index in [1.807, 2.05) is 30.3 Å². The van der Waals surface area contributed by atoms with Gasteiger partial charge in [0.15, 0.2) is 0 Å². The van der Waals surface area contributed by atoms with E-state index in [0.29, 0.717) is 6.42 Å². The summed E-state index contributed by atoms with van der Waals surface area (Å²) >= 11 is 0. The van der Waals surface area contributed by atoms with Crippen LogP contribution in [0.4, 0.5) is 0 Å². The van der Waals surface area contributed by atoms with E-state index in [1.165, 1.54) is 11.1 Å². The van der Waals surface area contributed by atoms with Gasteiger partial charge in [0.25, 0.3) is 0 Å². The van der Waals surface area contributed by atoms with Crippen LogP contribution in [0, 0.1) is 0 Å². The molecule has 0 aromatic heterocycles. The van der Waals surface area contributed by atoms with Gasteiger partial charge in [0.05, 0.1) is 0 Å². The highest BCUT2D eigenvalue weighted by molar-refractivity contribution is 5.73. The van der Waals surface area contributed by atoms with Crippen LogP contribution in [0.2, 0.25) is 0 Å². The molecule has 0 aliphatic rings. The van der Waals surface area contributed by atoms with Crippen LogP contribution >= 0.6 is 0 Å². The summed E-state index contributed by atoms with van der Waals surface area (Å²) in [7, 11) is 0. The number of benzene rings is 3. The lowest BCUT2D eigenvalue weighted by Gasteiger charge is -2.04. The molecule has 0 fully saturated rings. The summed E-state index contributed by atoms with van der Waals surface area (Å²) < 4.78 is 0. The second-order valence-corrected chi connectivity index (χ2v) is 6.11. The van der Waals surface area contributed by atoms with Crippen molar-refractivity contribution in [1.82, 2.24) is 0 Å². The highest BCUT2D eigenvalue weighted by Gasteiger charge is 2.10. The smallest absolute Gasteiger partial charge is 0.320 e. The summed E-state index contributed by atoms with van der Waals surface area (Å²) in [5.74, 6) is -0.959. The Labute approximate surface area is 155 Å². The third-order valence-electron chi connectivity index (χ3n) is 4.00. The number of carboxylic acid groups (broad SMARTS) is 1. The van der Waals surface area contributed by atoms with Crippen molar-refractivity contribution in [2.75, 3.05) is 0 Å². The molecule has 0 aliphatic heterocycles. The molecular formula is C23H25NO2. The minimum atomic E-state index is -0.959. The van der Waals surface area contributed by atoms with Gasteiger partial charge in [-0.3, -0.25) is 4.79 Å². The fraction of sp³-hybridized carbons (Fsp3) is 0.174. The van der Waals surface area contributed by atoms with E-state index in [2.05, 4.69) is 60.7 Å². The van der Waals surface area contributed by atoms with Gasteiger partial charge in [-0.15, -0.1) is 0 Å². The number of carboxylic acids is 1. The summed E-state index contributed by atoms with van der Waals surface area (Å²) in [5, 5.41) is 8.52. The van der Waals surface area contributed by atoms with Crippen LogP contribution in [-0.4, -0.2) is 17.1 Å². The molecule has 0 amide bonds. The summed E-state index contributed by atoms with van der Waals surface area (Å²) in [4.78, 5) is 10.4. The van der Waals surface area contributed by atoms with Gasteiger partial charge in [-0.25, -0.2) is 0 Å². The Morgan fingerprint density at radius 1 is 0.692 bits per heavy atom. The highest BCUT2D eigenvalue weighted by Crippen LogP contribution is 2.06. The summed E-state index contributed by atoms with van der Waals surface area (Å²) in [6.07, 6.45) is 2.64. The van der Waals surface area contributed by atoms with Gasteiger partial charge in [0.2, 0.25) is 0 Å². The first kappa shape index (κ1) is 19.4. The maximum absolute atomic E-state index is 10.4. The van der Waals surface area contributed by atoms with E-state index in [9.17, 15) is 4.79 Å². The number of rotatable bonds is 6. The molecule has 0 spiro atoms. The Morgan fingerprint density at radius 2 is 1.04 bits per heavy atom. The van der Waals surface area contributed by atoms with Crippen molar-refractivity contribution in [3.05, 3.63) is 108 Å². The molecule has 1 atom stereocenters. The van der Waals surface area contributed by atoms with Gasteiger partial charge in [-0.05, 0) is 36.0 Å². The fourth-order valence-electron chi connectivity index (χ4n) is 2.53. The number of hydrogen-bond acceptors (Lipinski definition) is 2. The summed E-state index contributed by atoms with van der Waals surface area (Å²) in [6, 6.07) is 29.8. The van der Waals surface area contributed by atoms with Crippen molar-refractivity contribution >= 4 is 5.97 Å². The molecule has 0 bridgehead atoms. The maximum Gasteiger partial charge on any atom is 0.320 e. The minimum Gasteiger partial charge on any atom is -0.480 e. The molecule has 0 radical (unpaired) electrons. The standard InChI is InChI=1S/C14H14.C9H11NO2/c1-3-7-13(8-4-1)11-12-14-9-5-2-6-10-14;10-8(9(11)12)6-7-4-2-1-3-5-7/h1-10H,11-12H2;1-5,8H,6,10H2,(H,11,12)/t;8-/m.0/s1. The Morgan fingerprint density at radius 3 is 1.38 bits per heavy atom. The van der Waals surface area contributed by atoms with E-state index in [0.717, 1.165) is 18.4 Å². The van der Waals surface area contributed by atoms with E-state index in [-0.39, 0.29) is 0 Å². The van der Waals surface area contributed by atoms with Crippen molar-refractivity contribution in [1.29, 1.82) is 0 Å². The largest absolute Gasteiger partial charge is 0.480 e. The monoisotopic (exact) mass is 347 g/mol. The molecule has 3 nitrogen and oxygen atoms in total. The first-order valence-electron chi connectivity index (χ1n) is 8.75. The lowest BCUT2D eigenvalue weighted by Crippen LogP contribution is -2.32. The second-order valence-electron chi connectivity index (χ2n) is 6.11. The second kappa shape index (κ2) is 10.9. The number of aryl methyl sites for hydroxylation is 2. The van der Waals surface area contributed by atoms with Gasteiger partial charge >= 0.3 is 5.97 Å². The highest BCUT2D eigenvalue weighted by atomic mass is 16.4. The van der Waals surface area contributed by atoms with E-state index < -0.39 is 12.0 Å². The molecule has 3 rings (SSSR count). The van der Waals surface area contributed by atoms with Crippen molar-refractivity contribution in [2.24, 2.45) is 5.73 Å². The molecule has 134 valence electrons. The zero-order valence-corrected chi connectivity index (χ0v) is 14.8. The van der Waals surface area contributed by atoms with Crippen LogP contribution in [0.15, 0.2) is 91.0 Å². The molecule has 0 aliphatic carbocycles. The predicted molar refractivity (Wildman–Crippen MR) is 106 cm³/mol. The van der Waals surface area contributed by atoms with E-state index in [4.69, 9.17) is 10.8 Å². The molecule has 0 unspecified atom stereocenters. The van der Waals surface area contributed by atoms with Gasteiger partial charge in [-0.2, -0.15) is 0 Å². The fourth-order valence-corrected chi connectivity index (χ4v) is 2.53. The van der Waals surface area contributed by atoms with Gasteiger partial charge in [0.1, 0.15) is 6.04 Å². The molecule has 3 heteroatoms. The molecule has 0 heterocycles. The van der Waals surface area contributed by atoms with Crippen molar-refractivity contribution in [3.63, 3.8) is 0 Å². The topological polar surface area (TPSA) is 63.3 Å². The number of hydrogen-bond donors (Lipinski definition) is 2. The van der Waals surface area contributed by atoms with E-state index >= 15 is 0 Å². The lowest BCUT2D eigenvalue weighted by atomic mass is 10.0. The SMILES string of the molecule is N[C@@H](Cc1ccccc1)C(=O)O.c1ccc(CCc2ccccc2)cc1. The normalized spacial score (nSPS) is 11.1. The zero-order chi connectivity index (χ0) is 18.6. The molecule has 0 saturated heterocycles. The average Bonchev–Trinajstić information content (AvgIpc) is 2.69. The third-order valence-corrected chi connectivity index (χ3v) is 4.00. The first-order valence-corrected chi connectivity index (χ1v) is 8.75. The summed E-state index contributed by atoms with van der Waals surface area (Å²) in [5.41, 5.74) is 9.13. The van der Waals surface area contributed by atoms with Crippen molar-refractivity contribution < 1.29 is 9.90 Å². The molecule has 3 aromatic rings. The predicted octanol–water partition coefficient (Wildman–Crippen LogP) is 4.11. The van der Waals surface area contributed by atoms with Crippen molar-refractivity contribution in [3.8, 4) is 0 Å². The number of carbonyl (C=O) groups is 1. The van der Waals surface area contributed by atoms with Crippen LogP contribution in [0.5, 0.6) is 0 Å². The van der Waals surface area contributed by atoms with Gasteiger partial charge in [-0.1, -0.05) is 91.0 Å².